The highest BCUT2D eigenvalue weighted by atomic mass is 127. The summed E-state index contributed by atoms with van der Waals surface area (Å²) in [6.45, 7) is 0. The van der Waals surface area contributed by atoms with Crippen LogP contribution in [0.3, 0.4) is 0 Å². The Morgan fingerprint density at radius 1 is 1.65 bits per heavy atom. The van der Waals surface area contributed by atoms with Crippen molar-refractivity contribution in [1.29, 1.82) is 0 Å². The molecule has 0 aliphatic carbocycles. The number of aromatic nitrogens is 1. The highest BCUT2D eigenvalue weighted by Gasteiger charge is 2.30. The topological polar surface area (TPSA) is 82.3 Å². The molecule has 0 bridgehead atoms. The van der Waals surface area contributed by atoms with Gasteiger partial charge in [-0.2, -0.15) is 0 Å². The molecule has 0 atom stereocenters. The van der Waals surface area contributed by atoms with Crippen LogP contribution in [0.2, 0.25) is 0 Å². The molecule has 1 rings (SSSR count). The van der Waals surface area contributed by atoms with Gasteiger partial charge in [0.25, 0.3) is 0 Å². The van der Waals surface area contributed by atoms with E-state index in [9.17, 15) is 23.7 Å². The molecule has 0 aliphatic heterocycles. The minimum Gasteiger partial charge on any atom is -0.465 e. The number of hydrogen-bond donors (Lipinski definition) is 0. The van der Waals surface area contributed by atoms with Crippen molar-refractivity contribution in [3.05, 3.63) is 31.0 Å². The molecule has 0 saturated heterocycles. The monoisotopic (exact) mass is 358 g/mol. The number of alkyl halides is 2. The molecule has 0 aromatic carbocycles. The summed E-state index contributed by atoms with van der Waals surface area (Å²) in [7, 11) is 1.03. The van der Waals surface area contributed by atoms with E-state index >= 15 is 0 Å². The Morgan fingerprint density at radius 2 is 2.24 bits per heavy atom. The van der Waals surface area contributed by atoms with E-state index in [4.69, 9.17) is 0 Å². The second-order valence-electron chi connectivity index (χ2n) is 2.78. The van der Waals surface area contributed by atoms with E-state index in [1.807, 2.05) is 0 Å². The number of halogens is 3. The lowest BCUT2D eigenvalue weighted by Gasteiger charge is -2.04. The van der Waals surface area contributed by atoms with E-state index in [1.165, 1.54) is 22.6 Å². The average Bonchev–Trinajstić information content (AvgIpc) is 2.26. The van der Waals surface area contributed by atoms with Gasteiger partial charge in [-0.25, -0.2) is 13.6 Å². The molecule has 0 aliphatic rings. The van der Waals surface area contributed by atoms with Gasteiger partial charge in [-0.05, 0) is 32.5 Å². The molecule has 0 saturated carbocycles. The predicted octanol–water partition coefficient (Wildman–Crippen LogP) is 2.32. The zero-order valence-corrected chi connectivity index (χ0v) is 10.5. The summed E-state index contributed by atoms with van der Waals surface area (Å²) in [5, 5.41) is 10.7. The number of nitro groups is 1. The standard InChI is InChI=1S/C8H5F2IN2O4/c1-17-8(14)5-3(11)2-4(6(9)10)12-7(5)13(15)16/h2,6H,1H3. The van der Waals surface area contributed by atoms with E-state index in [0.29, 0.717) is 0 Å². The summed E-state index contributed by atoms with van der Waals surface area (Å²) in [6.07, 6.45) is -2.95. The second-order valence-corrected chi connectivity index (χ2v) is 3.94. The molecule has 0 amide bonds. The van der Waals surface area contributed by atoms with Crippen LogP contribution < -0.4 is 0 Å². The Morgan fingerprint density at radius 3 is 2.65 bits per heavy atom. The van der Waals surface area contributed by atoms with Crippen molar-refractivity contribution < 1.29 is 23.2 Å². The fourth-order valence-corrected chi connectivity index (χ4v) is 1.83. The summed E-state index contributed by atoms with van der Waals surface area (Å²) in [5.41, 5.74) is -1.18. The maximum absolute atomic E-state index is 12.4. The number of methoxy groups -OCH3 is 1. The van der Waals surface area contributed by atoms with Crippen molar-refractivity contribution in [2.24, 2.45) is 0 Å². The third kappa shape index (κ3) is 2.84. The smallest absolute Gasteiger partial charge is 0.379 e. The molecule has 92 valence electrons. The summed E-state index contributed by atoms with van der Waals surface area (Å²) in [5.74, 6) is -1.92. The number of hydrogen-bond acceptors (Lipinski definition) is 5. The fraction of sp³-hybridized carbons (Fsp3) is 0.250. The molecule has 17 heavy (non-hydrogen) atoms. The lowest BCUT2D eigenvalue weighted by molar-refractivity contribution is -0.390. The Hall–Kier alpha value is -1.39. The molecule has 6 nitrogen and oxygen atoms in total. The maximum atomic E-state index is 12.4. The van der Waals surface area contributed by atoms with E-state index in [0.717, 1.165) is 13.2 Å². The van der Waals surface area contributed by atoms with Gasteiger partial charge in [-0.15, -0.1) is 0 Å². The molecule has 0 spiro atoms. The number of pyridine rings is 1. The molecule has 1 aromatic heterocycles. The van der Waals surface area contributed by atoms with Gasteiger partial charge < -0.3 is 14.9 Å². The van der Waals surface area contributed by atoms with Crippen LogP contribution in [0.4, 0.5) is 14.6 Å². The van der Waals surface area contributed by atoms with Gasteiger partial charge in [0.15, 0.2) is 5.56 Å². The lowest BCUT2D eigenvalue weighted by atomic mass is 10.2. The van der Waals surface area contributed by atoms with Crippen LogP contribution in [-0.4, -0.2) is 23.0 Å². The van der Waals surface area contributed by atoms with Gasteiger partial charge >= 0.3 is 18.2 Å². The summed E-state index contributed by atoms with van der Waals surface area (Å²) >= 11 is 1.54. The van der Waals surface area contributed by atoms with Gasteiger partial charge in [0.05, 0.1) is 7.11 Å². The van der Waals surface area contributed by atoms with Crippen LogP contribution in [0.5, 0.6) is 0 Å². The van der Waals surface area contributed by atoms with Crippen LogP contribution in [0.1, 0.15) is 22.5 Å². The van der Waals surface area contributed by atoms with E-state index in [-0.39, 0.29) is 3.57 Å². The first-order chi connectivity index (χ1) is 7.88. The SMILES string of the molecule is COC(=O)c1c(I)cc(C(F)F)nc1[N+](=O)[O-]. The van der Waals surface area contributed by atoms with Crippen molar-refractivity contribution >= 4 is 34.4 Å². The number of rotatable bonds is 3. The summed E-state index contributed by atoms with van der Waals surface area (Å²) < 4.78 is 29.1. The lowest BCUT2D eigenvalue weighted by Crippen LogP contribution is -2.11. The van der Waals surface area contributed by atoms with Crippen molar-refractivity contribution in [3.63, 3.8) is 0 Å². The average molecular weight is 358 g/mol. The Labute approximate surface area is 107 Å². The second kappa shape index (κ2) is 5.29. The molecule has 0 N–H and O–H groups in total. The largest absolute Gasteiger partial charge is 0.465 e. The molecule has 0 fully saturated rings. The van der Waals surface area contributed by atoms with Crippen molar-refractivity contribution in [3.8, 4) is 0 Å². The molecule has 1 heterocycles. The van der Waals surface area contributed by atoms with Crippen LogP contribution in [-0.2, 0) is 4.74 Å². The van der Waals surface area contributed by atoms with Crippen LogP contribution in [0.25, 0.3) is 0 Å². The Kier molecular flexibility index (Phi) is 4.26. The number of nitrogens with zero attached hydrogens (tertiary/aromatic N) is 2. The van der Waals surface area contributed by atoms with E-state index in [2.05, 4.69) is 9.72 Å². The van der Waals surface area contributed by atoms with Gasteiger partial charge in [-0.3, -0.25) is 0 Å². The minimum atomic E-state index is -2.95. The van der Waals surface area contributed by atoms with Gasteiger partial charge in [0, 0.05) is 9.64 Å². The molecule has 0 unspecified atom stereocenters. The van der Waals surface area contributed by atoms with Crippen LogP contribution in [0, 0.1) is 13.7 Å². The normalized spacial score (nSPS) is 10.4. The third-order valence-corrected chi connectivity index (χ3v) is 2.61. The van der Waals surface area contributed by atoms with E-state index < -0.39 is 34.4 Å². The predicted molar refractivity (Wildman–Crippen MR) is 59.9 cm³/mol. The molecule has 0 radical (unpaired) electrons. The fourth-order valence-electron chi connectivity index (χ4n) is 1.05. The third-order valence-electron chi connectivity index (χ3n) is 1.76. The van der Waals surface area contributed by atoms with Gasteiger partial charge in [0.1, 0.15) is 0 Å². The maximum Gasteiger partial charge on any atom is 0.379 e. The first kappa shape index (κ1) is 13.7. The minimum absolute atomic E-state index is 0.00792. The highest BCUT2D eigenvalue weighted by Crippen LogP contribution is 2.27. The molecular weight excluding hydrogens is 353 g/mol. The van der Waals surface area contributed by atoms with Crippen LogP contribution >= 0.6 is 22.6 Å². The Balaban J connectivity index is 3.49. The number of carbonyl (C=O) groups is 1. The number of carbonyl (C=O) groups excluding carboxylic acids is 1. The summed E-state index contributed by atoms with van der Waals surface area (Å²) in [4.78, 5) is 24.1. The molecular formula is C8H5F2IN2O4. The van der Waals surface area contributed by atoms with Crippen molar-refractivity contribution in [2.45, 2.75) is 6.43 Å². The summed E-state index contributed by atoms with van der Waals surface area (Å²) in [6, 6.07) is 0.907. The van der Waals surface area contributed by atoms with Gasteiger partial charge in [0.2, 0.25) is 5.69 Å². The molecule has 9 heteroatoms. The zero-order chi connectivity index (χ0) is 13.2. The Bertz CT molecular complexity index is 481. The van der Waals surface area contributed by atoms with Gasteiger partial charge in [-0.1, -0.05) is 0 Å². The van der Waals surface area contributed by atoms with Crippen molar-refractivity contribution in [1.82, 2.24) is 4.98 Å². The number of esters is 1. The molecule has 1 aromatic rings. The van der Waals surface area contributed by atoms with Crippen LogP contribution in [0.15, 0.2) is 6.07 Å². The van der Waals surface area contributed by atoms with Crippen molar-refractivity contribution in [2.75, 3.05) is 7.11 Å². The first-order valence-electron chi connectivity index (χ1n) is 4.09. The first-order valence-corrected chi connectivity index (χ1v) is 5.17. The number of ether oxygens (including phenoxy) is 1. The zero-order valence-electron chi connectivity index (χ0n) is 8.32. The van der Waals surface area contributed by atoms with E-state index in [1.54, 1.807) is 0 Å². The highest BCUT2D eigenvalue weighted by molar-refractivity contribution is 14.1. The quantitative estimate of drug-likeness (QED) is 0.359.